The highest BCUT2D eigenvalue weighted by Crippen LogP contribution is 2.16. The first-order chi connectivity index (χ1) is 10.1. The molecule has 2 rings (SSSR count). The minimum Gasteiger partial charge on any atom is -0.486 e. The van der Waals surface area contributed by atoms with Crippen molar-refractivity contribution in [3.63, 3.8) is 0 Å². The first kappa shape index (κ1) is 14.7. The Morgan fingerprint density at radius 3 is 2.48 bits per heavy atom. The maximum atomic E-state index is 13.3. The summed E-state index contributed by atoms with van der Waals surface area (Å²) in [4.78, 5) is 11.7. The quantitative estimate of drug-likeness (QED) is 0.849. The summed E-state index contributed by atoms with van der Waals surface area (Å²) in [6.07, 6.45) is 0.110. The molecule has 0 unspecified atom stereocenters. The van der Waals surface area contributed by atoms with Crippen molar-refractivity contribution in [1.29, 1.82) is 5.26 Å². The van der Waals surface area contributed by atoms with Crippen LogP contribution in [-0.4, -0.2) is 12.4 Å². The SMILES string of the molecule is N#Cc1ccc(OCC(=O)Cc2ccc(F)cc2)cc1F. The molecule has 0 aromatic heterocycles. The van der Waals surface area contributed by atoms with Crippen molar-refractivity contribution >= 4 is 5.78 Å². The van der Waals surface area contributed by atoms with Gasteiger partial charge in [0.2, 0.25) is 0 Å². The number of benzene rings is 2. The molecule has 0 N–H and O–H groups in total. The molecule has 0 aliphatic rings. The largest absolute Gasteiger partial charge is 0.486 e. The summed E-state index contributed by atoms with van der Waals surface area (Å²) in [6.45, 7) is -0.220. The lowest BCUT2D eigenvalue weighted by Gasteiger charge is -2.06. The van der Waals surface area contributed by atoms with Gasteiger partial charge in [-0.25, -0.2) is 8.78 Å². The molecule has 0 amide bonds. The number of hydrogen-bond donors (Lipinski definition) is 0. The molecule has 3 nitrogen and oxygen atoms in total. The first-order valence-electron chi connectivity index (χ1n) is 6.17. The summed E-state index contributed by atoms with van der Waals surface area (Å²) in [6, 6.07) is 11.1. The topological polar surface area (TPSA) is 50.1 Å². The van der Waals surface area contributed by atoms with Crippen LogP contribution in [0.25, 0.3) is 0 Å². The highest BCUT2D eigenvalue weighted by atomic mass is 19.1. The van der Waals surface area contributed by atoms with E-state index in [2.05, 4.69) is 0 Å². The van der Waals surface area contributed by atoms with Crippen LogP contribution in [-0.2, 0) is 11.2 Å². The Bertz CT molecular complexity index is 690. The Hall–Kier alpha value is -2.74. The predicted octanol–water partition coefficient (Wildman–Crippen LogP) is 3.03. The Balaban J connectivity index is 1.91. The van der Waals surface area contributed by atoms with Gasteiger partial charge in [-0.15, -0.1) is 0 Å². The highest BCUT2D eigenvalue weighted by molar-refractivity contribution is 5.82. The van der Waals surface area contributed by atoms with E-state index < -0.39 is 5.82 Å². The number of carbonyl (C=O) groups excluding carboxylic acids is 1. The average Bonchev–Trinajstić information content (AvgIpc) is 2.48. The molecule has 0 fully saturated rings. The zero-order valence-electron chi connectivity index (χ0n) is 11.0. The summed E-state index contributed by atoms with van der Waals surface area (Å²) in [5.74, 6) is -1.10. The van der Waals surface area contributed by atoms with Crippen molar-refractivity contribution in [2.24, 2.45) is 0 Å². The molecule has 5 heteroatoms. The number of rotatable bonds is 5. The Morgan fingerprint density at radius 2 is 1.86 bits per heavy atom. The summed E-state index contributed by atoms with van der Waals surface area (Å²) in [5, 5.41) is 8.60. The number of hydrogen-bond acceptors (Lipinski definition) is 3. The zero-order valence-corrected chi connectivity index (χ0v) is 11.0. The molecule has 2 aromatic rings. The van der Waals surface area contributed by atoms with Gasteiger partial charge in [0.15, 0.2) is 5.78 Å². The number of ketones is 1. The van der Waals surface area contributed by atoms with Crippen LogP contribution in [0.5, 0.6) is 5.75 Å². The Kier molecular flexibility index (Phi) is 4.62. The summed E-state index contributed by atoms with van der Waals surface area (Å²) < 4.78 is 31.2. The summed E-state index contributed by atoms with van der Waals surface area (Å²) in [7, 11) is 0. The maximum Gasteiger partial charge on any atom is 0.174 e. The molecular weight excluding hydrogens is 276 g/mol. The standard InChI is InChI=1S/C16H11F2NO2/c17-13-4-1-11(2-5-13)7-14(20)10-21-15-6-3-12(9-19)16(18)8-15/h1-6,8H,7,10H2. The molecule has 0 heterocycles. The molecule has 0 bridgehead atoms. The van der Waals surface area contributed by atoms with E-state index in [0.717, 1.165) is 6.07 Å². The zero-order chi connectivity index (χ0) is 15.2. The van der Waals surface area contributed by atoms with Crippen LogP contribution in [0, 0.1) is 23.0 Å². The van der Waals surface area contributed by atoms with Gasteiger partial charge >= 0.3 is 0 Å². The third-order valence-electron chi connectivity index (χ3n) is 2.78. The van der Waals surface area contributed by atoms with Crippen molar-refractivity contribution in [3.05, 3.63) is 65.2 Å². The van der Waals surface area contributed by atoms with Crippen molar-refractivity contribution in [2.75, 3.05) is 6.61 Å². The van der Waals surface area contributed by atoms with Crippen molar-refractivity contribution in [3.8, 4) is 11.8 Å². The molecule has 2 aromatic carbocycles. The van der Waals surface area contributed by atoms with E-state index in [1.54, 1.807) is 6.07 Å². The van der Waals surface area contributed by atoms with Gasteiger partial charge < -0.3 is 4.74 Å². The molecule has 0 radical (unpaired) electrons. The number of Topliss-reactive ketones (excluding diaryl/α,β-unsaturated/α-hetero) is 1. The Labute approximate surface area is 120 Å². The second kappa shape index (κ2) is 6.62. The van der Waals surface area contributed by atoms with E-state index in [0.29, 0.717) is 5.56 Å². The maximum absolute atomic E-state index is 13.3. The van der Waals surface area contributed by atoms with Gasteiger partial charge in [0.25, 0.3) is 0 Å². The van der Waals surface area contributed by atoms with Crippen LogP contribution < -0.4 is 4.74 Å². The second-order valence-corrected chi connectivity index (χ2v) is 4.38. The van der Waals surface area contributed by atoms with Crippen LogP contribution in [0.4, 0.5) is 8.78 Å². The van der Waals surface area contributed by atoms with E-state index >= 15 is 0 Å². The number of nitrogens with zero attached hydrogens (tertiary/aromatic N) is 1. The van der Waals surface area contributed by atoms with Gasteiger partial charge in [0, 0.05) is 12.5 Å². The monoisotopic (exact) mass is 287 g/mol. The van der Waals surface area contributed by atoms with Gasteiger partial charge in [0.05, 0.1) is 5.56 Å². The third-order valence-corrected chi connectivity index (χ3v) is 2.78. The molecule has 21 heavy (non-hydrogen) atoms. The van der Waals surface area contributed by atoms with Gasteiger partial charge in [-0.05, 0) is 29.8 Å². The normalized spacial score (nSPS) is 9.95. The van der Waals surface area contributed by atoms with Crippen molar-refractivity contribution in [2.45, 2.75) is 6.42 Å². The number of halogens is 2. The Morgan fingerprint density at radius 1 is 1.14 bits per heavy atom. The number of nitriles is 1. The molecule has 0 atom stereocenters. The fourth-order valence-corrected chi connectivity index (χ4v) is 1.72. The predicted molar refractivity (Wildman–Crippen MR) is 71.7 cm³/mol. The van der Waals surface area contributed by atoms with Crippen LogP contribution >= 0.6 is 0 Å². The minimum atomic E-state index is -0.694. The summed E-state index contributed by atoms with van der Waals surface area (Å²) in [5.41, 5.74) is 0.594. The lowest BCUT2D eigenvalue weighted by molar-refractivity contribution is -0.120. The van der Waals surface area contributed by atoms with Crippen LogP contribution in [0.15, 0.2) is 42.5 Å². The first-order valence-corrected chi connectivity index (χ1v) is 6.17. The van der Waals surface area contributed by atoms with Crippen LogP contribution in [0.2, 0.25) is 0 Å². The highest BCUT2D eigenvalue weighted by Gasteiger charge is 2.07. The van der Waals surface area contributed by atoms with Crippen LogP contribution in [0.3, 0.4) is 0 Å². The number of ether oxygens (including phenoxy) is 1. The van der Waals surface area contributed by atoms with Gasteiger partial charge in [-0.2, -0.15) is 5.26 Å². The van der Waals surface area contributed by atoms with Crippen molar-refractivity contribution < 1.29 is 18.3 Å². The van der Waals surface area contributed by atoms with E-state index in [4.69, 9.17) is 10.00 Å². The smallest absolute Gasteiger partial charge is 0.174 e. The molecule has 106 valence electrons. The fraction of sp³-hybridized carbons (Fsp3) is 0.125. The van der Waals surface area contributed by atoms with Gasteiger partial charge in [-0.1, -0.05) is 12.1 Å². The van der Waals surface area contributed by atoms with Crippen molar-refractivity contribution in [1.82, 2.24) is 0 Å². The lowest BCUT2D eigenvalue weighted by atomic mass is 10.1. The van der Waals surface area contributed by atoms with E-state index in [1.807, 2.05) is 0 Å². The van der Waals surface area contributed by atoms with Crippen LogP contribution in [0.1, 0.15) is 11.1 Å². The van der Waals surface area contributed by atoms with Gasteiger partial charge in [-0.3, -0.25) is 4.79 Å². The van der Waals surface area contributed by atoms with E-state index in [9.17, 15) is 13.6 Å². The molecule has 0 saturated carbocycles. The van der Waals surface area contributed by atoms with E-state index in [1.165, 1.54) is 36.4 Å². The number of carbonyl (C=O) groups is 1. The third kappa shape index (κ3) is 4.11. The summed E-state index contributed by atoms with van der Waals surface area (Å²) >= 11 is 0. The second-order valence-electron chi connectivity index (χ2n) is 4.38. The molecule has 0 aliphatic carbocycles. The molecule has 0 aliphatic heterocycles. The lowest BCUT2D eigenvalue weighted by Crippen LogP contribution is -2.14. The fourth-order valence-electron chi connectivity index (χ4n) is 1.72. The van der Waals surface area contributed by atoms with Gasteiger partial charge in [0.1, 0.15) is 30.1 Å². The molecule has 0 saturated heterocycles. The van der Waals surface area contributed by atoms with E-state index in [-0.39, 0.29) is 35.9 Å². The molecule has 0 spiro atoms. The minimum absolute atomic E-state index is 0.0833. The average molecular weight is 287 g/mol. The molecular formula is C16H11F2NO2.